The zero-order chi connectivity index (χ0) is 7.66. The lowest BCUT2D eigenvalue weighted by molar-refractivity contribution is 0.322. The molecule has 0 heterocycles. The van der Waals surface area contributed by atoms with Gasteiger partial charge >= 0.3 is 0 Å². The second kappa shape index (κ2) is 13.2. The van der Waals surface area contributed by atoms with Crippen molar-refractivity contribution in [2.45, 2.75) is 0 Å². The van der Waals surface area contributed by atoms with Crippen LogP contribution in [0, 0.1) is 0 Å². The van der Waals surface area contributed by atoms with E-state index >= 15 is 0 Å². The molecule has 0 aromatic heterocycles. The molecule has 0 rings (SSSR count). The fourth-order valence-corrected chi connectivity index (χ4v) is 2.06. The Morgan fingerprint density at radius 1 is 0.727 bits per heavy atom. The van der Waals surface area contributed by atoms with E-state index in [1.165, 1.54) is 0 Å². The van der Waals surface area contributed by atoms with Gasteiger partial charge in [0.25, 0.3) is 0 Å². The number of rotatable bonds is 7. The first-order valence-corrected chi connectivity index (χ1v) is 5.60. The zero-order valence-corrected chi connectivity index (χ0v) is 8.09. The number of hydrogen-bond acceptors (Lipinski definition) is 4. The summed E-state index contributed by atoms with van der Waals surface area (Å²) in [5, 5.41) is 16.8. The van der Waals surface area contributed by atoms with E-state index in [0.717, 1.165) is 23.0 Å². The molecule has 0 aromatic rings. The summed E-state index contributed by atoms with van der Waals surface area (Å²) in [4.78, 5) is 0. The van der Waals surface area contributed by atoms with Crippen molar-refractivity contribution >= 4 is 23.5 Å². The van der Waals surface area contributed by atoms with E-state index < -0.39 is 0 Å². The lowest BCUT2D eigenvalue weighted by Crippen LogP contribution is -1.93. The Balaban J connectivity index is 0. The summed E-state index contributed by atoms with van der Waals surface area (Å²) in [6.45, 7) is 0.546. The van der Waals surface area contributed by atoms with Gasteiger partial charge in [-0.1, -0.05) is 0 Å². The molecule has 0 saturated carbocycles. The largest absolute Gasteiger partial charge is 0.412 e. The van der Waals surface area contributed by atoms with Crippen molar-refractivity contribution in [3.63, 3.8) is 0 Å². The summed E-state index contributed by atoms with van der Waals surface area (Å²) in [5.41, 5.74) is 0. The SMILES string of the molecule is O.OCCSCCSCCO. The summed E-state index contributed by atoms with van der Waals surface area (Å²) in [6.07, 6.45) is 0. The van der Waals surface area contributed by atoms with Crippen molar-refractivity contribution in [3.8, 4) is 0 Å². The van der Waals surface area contributed by atoms with Crippen molar-refractivity contribution in [2.24, 2.45) is 0 Å². The van der Waals surface area contributed by atoms with Crippen LogP contribution in [0.1, 0.15) is 0 Å². The highest BCUT2D eigenvalue weighted by Gasteiger charge is 1.88. The van der Waals surface area contributed by atoms with Crippen molar-refractivity contribution in [3.05, 3.63) is 0 Å². The van der Waals surface area contributed by atoms with E-state index in [1.807, 2.05) is 0 Å². The van der Waals surface area contributed by atoms with Crippen molar-refractivity contribution < 1.29 is 15.7 Å². The van der Waals surface area contributed by atoms with Crippen LogP contribution in [-0.4, -0.2) is 51.9 Å². The second-order valence-corrected chi connectivity index (χ2v) is 4.12. The number of aliphatic hydroxyl groups excluding tert-OH is 2. The molecule has 0 spiro atoms. The quantitative estimate of drug-likeness (QED) is 0.549. The fourth-order valence-electron chi connectivity index (χ4n) is 0.451. The Labute approximate surface area is 75.9 Å². The van der Waals surface area contributed by atoms with Gasteiger partial charge in [0.05, 0.1) is 13.2 Å². The molecule has 0 atom stereocenters. The minimum atomic E-state index is 0. The molecular weight excluding hydrogens is 184 g/mol. The van der Waals surface area contributed by atoms with Gasteiger partial charge in [0.15, 0.2) is 0 Å². The van der Waals surface area contributed by atoms with Crippen molar-refractivity contribution in [1.29, 1.82) is 0 Å². The number of thioether (sulfide) groups is 2. The molecule has 70 valence electrons. The van der Waals surface area contributed by atoms with Crippen LogP contribution in [0.2, 0.25) is 0 Å². The van der Waals surface area contributed by atoms with Gasteiger partial charge in [-0.15, -0.1) is 0 Å². The molecule has 11 heavy (non-hydrogen) atoms. The maximum absolute atomic E-state index is 8.40. The van der Waals surface area contributed by atoms with Gasteiger partial charge in [-0.05, 0) is 0 Å². The van der Waals surface area contributed by atoms with Crippen LogP contribution in [0.25, 0.3) is 0 Å². The van der Waals surface area contributed by atoms with Gasteiger partial charge in [0.2, 0.25) is 0 Å². The topological polar surface area (TPSA) is 72.0 Å². The molecule has 0 amide bonds. The predicted octanol–water partition coefficient (Wildman–Crippen LogP) is -0.387. The molecule has 3 nitrogen and oxygen atoms in total. The number of hydrogen-bond donors (Lipinski definition) is 2. The van der Waals surface area contributed by atoms with Crippen molar-refractivity contribution in [1.82, 2.24) is 0 Å². The van der Waals surface area contributed by atoms with E-state index in [4.69, 9.17) is 10.2 Å². The third kappa shape index (κ3) is 13.6. The minimum absolute atomic E-state index is 0. The van der Waals surface area contributed by atoms with Crippen LogP contribution in [-0.2, 0) is 0 Å². The maximum atomic E-state index is 8.40. The lowest BCUT2D eigenvalue weighted by Gasteiger charge is -1.97. The summed E-state index contributed by atoms with van der Waals surface area (Å²) in [6, 6.07) is 0. The molecule has 4 N–H and O–H groups in total. The predicted molar refractivity (Wildman–Crippen MR) is 52.4 cm³/mol. The smallest absolute Gasteiger partial charge is 0.0521 e. The summed E-state index contributed by atoms with van der Waals surface area (Å²) < 4.78 is 0. The molecule has 0 aromatic carbocycles. The summed E-state index contributed by atoms with van der Waals surface area (Å²) in [5.74, 6) is 3.82. The standard InChI is InChI=1S/C6H14O2S2.H2O/c7-1-3-9-5-6-10-4-2-8;/h7-8H,1-6H2;1H2. The molecule has 5 heteroatoms. The number of aliphatic hydroxyl groups is 2. The highest BCUT2D eigenvalue weighted by Crippen LogP contribution is 2.05. The Morgan fingerprint density at radius 2 is 1.09 bits per heavy atom. The third-order valence-electron chi connectivity index (χ3n) is 0.843. The van der Waals surface area contributed by atoms with Crippen LogP contribution < -0.4 is 0 Å². The Morgan fingerprint density at radius 3 is 1.36 bits per heavy atom. The van der Waals surface area contributed by atoms with E-state index in [2.05, 4.69) is 0 Å². The molecule has 0 saturated heterocycles. The summed E-state index contributed by atoms with van der Waals surface area (Å²) >= 11 is 3.50. The minimum Gasteiger partial charge on any atom is -0.412 e. The monoisotopic (exact) mass is 200 g/mol. The first-order valence-electron chi connectivity index (χ1n) is 3.29. The zero-order valence-electron chi connectivity index (χ0n) is 6.45. The molecule has 0 bridgehead atoms. The van der Waals surface area contributed by atoms with Gasteiger partial charge in [0.1, 0.15) is 0 Å². The second-order valence-electron chi connectivity index (χ2n) is 1.67. The van der Waals surface area contributed by atoms with Gasteiger partial charge in [-0.25, -0.2) is 0 Å². The average molecular weight is 200 g/mol. The average Bonchev–Trinajstić information content (AvgIpc) is 1.97. The van der Waals surface area contributed by atoms with Gasteiger partial charge in [0, 0.05) is 23.0 Å². The molecule has 0 aliphatic rings. The Kier molecular flexibility index (Phi) is 16.9. The first kappa shape index (κ1) is 14.1. The van der Waals surface area contributed by atoms with Crippen LogP contribution in [0.15, 0.2) is 0 Å². The van der Waals surface area contributed by atoms with E-state index in [0.29, 0.717) is 0 Å². The summed E-state index contributed by atoms with van der Waals surface area (Å²) in [7, 11) is 0. The van der Waals surface area contributed by atoms with E-state index in [1.54, 1.807) is 23.5 Å². The Bertz CT molecular complexity index is 55.8. The highest BCUT2D eigenvalue weighted by atomic mass is 32.2. The Hall–Kier alpha value is 0.580. The van der Waals surface area contributed by atoms with Gasteiger partial charge in [-0.2, -0.15) is 23.5 Å². The van der Waals surface area contributed by atoms with Gasteiger partial charge < -0.3 is 15.7 Å². The van der Waals surface area contributed by atoms with E-state index in [9.17, 15) is 0 Å². The first-order chi connectivity index (χ1) is 4.91. The fraction of sp³-hybridized carbons (Fsp3) is 1.00. The van der Waals surface area contributed by atoms with Crippen LogP contribution >= 0.6 is 23.5 Å². The molecule has 0 unspecified atom stereocenters. The van der Waals surface area contributed by atoms with Crippen LogP contribution in [0.4, 0.5) is 0 Å². The van der Waals surface area contributed by atoms with Crippen LogP contribution in [0.5, 0.6) is 0 Å². The lowest BCUT2D eigenvalue weighted by atomic mass is 10.9. The normalized spacial score (nSPS) is 9.27. The van der Waals surface area contributed by atoms with Crippen molar-refractivity contribution in [2.75, 3.05) is 36.2 Å². The van der Waals surface area contributed by atoms with Crippen LogP contribution in [0.3, 0.4) is 0 Å². The highest BCUT2D eigenvalue weighted by molar-refractivity contribution is 8.02. The van der Waals surface area contributed by atoms with Gasteiger partial charge in [-0.3, -0.25) is 0 Å². The third-order valence-corrected chi connectivity index (χ3v) is 3.03. The molecule has 0 fully saturated rings. The van der Waals surface area contributed by atoms with E-state index in [-0.39, 0.29) is 18.7 Å². The maximum Gasteiger partial charge on any atom is 0.0521 e. The molecular formula is C6H16O3S2. The molecule has 0 aliphatic carbocycles. The molecule has 0 aliphatic heterocycles. The molecule has 0 radical (unpaired) electrons.